The second-order valence-electron chi connectivity index (χ2n) is 3.11. The van der Waals surface area contributed by atoms with Crippen LogP contribution in [0.25, 0.3) is 0 Å². The van der Waals surface area contributed by atoms with Crippen LogP contribution in [-0.4, -0.2) is 13.6 Å². The third-order valence-electron chi connectivity index (χ3n) is 1.87. The maximum atomic E-state index is 12.6. The molecular formula is C9H11ClFNO2S. The topological polar surface area (TPSA) is 46.2 Å². The third-order valence-corrected chi connectivity index (χ3v) is 3.73. The van der Waals surface area contributed by atoms with Crippen molar-refractivity contribution in [3.05, 3.63) is 35.6 Å². The quantitative estimate of drug-likeness (QED) is 0.832. The van der Waals surface area contributed by atoms with Crippen molar-refractivity contribution in [3.8, 4) is 0 Å². The summed E-state index contributed by atoms with van der Waals surface area (Å²) in [7, 11) is -3.46. The van der Waals surface area contributed by atoms with Gasteiger partial charge in [0.1, 0.15) is 11.0 Å². The average molecular weight is 252 g/mol. The number of halogens is 2. The van der Waals surface area contributed by atoms with Crippen molar-refractivity contribution in [3.63, 3.8) is 0 Å². The van der Waals surface area contributed by atoms with Crippen molar-refractivity contribution < 1.29 is 12.8 Å². The summed E-state index contributed by atoms with van der Waals surface area (Å²) in [4.78, 5) is 0. The van der Waals surface area contributed by atoms with E-state index >= 15 is 0 Å². The molecule has 0 aliphatic rings. The van der Waals surface area contributed by atoms with Gasteiger partial charge in [0.15, 0.2) is 0 Å². The molecule has 1 N–H and O–H groups in total. The minimum Gasteiger partial charge on any atom is -0.211 e. The highest BCUT2D eigenvalue weighted by Crippen LogP contribution is 2.14. The molecule has 6 heteroatoms. The predicted molar refractivity (Wildman–Crippen MR) is 57.6 cm³/mol. The Morgan fingerprint density at radius 3 is 2.40 bits per heavy atom. The molecule has 1 atom stereocenters. The normalized spacial score (nSPS) is 13.8. The second-order valence-corrected chi connectivity index (χ2v) is 5.45. The summed E-state index contributed by atoms with van der Waals surface area (Å²) in [5, 5.41) is -0.488. The molecule has 0 radical (unpaired) electrons. The van der Waals surface area contributed by atoms with Gasteiger partial charge in [-0.2, -0.15) is 0 Å². The molecule has 0 bridgehead atoms. The minimum absolute atomic E-state index is 0.355. The summed E-state index contributed by atoms with van der Waals surface area (Å²) in [5.74, 6) is -0.355. The molecule has 0 aliphatic carbocycles. The maximum absolute atomic E-state index is 12.6. The molecular weight excluding hydrogens is 241 g/mol. The number of nitrogens with one attached hydrogen (secondary N) is 1. The number of alkyl halides is 1. The Balaban J connectivity index is 2.78. The predicted octanol–water partition coefficient (Wildman–Crippen LogP) is 2.00. The van der Waals surface area contributed by atoms with Gasteiger partial charge < -0.3 is 0 Å². The van der Waals surface area contributed by atoms with Gasteiger partial charge >= 0.3 is 0 Å². The zero-order valence-electron chi connectivity index (χ0n) is 8.07. The number of hydrogen-bond acceptors (Lipinski definition) is 2. The molecule has 0 saturated heterocycles. The lowest BCUT2D eigenvalue weighted by molar-refractivity contribution is 0.571. The molecule has 0 heterocycles. The second kappa shape index (κ2) is 4.92. The van der Waals surface area contributed by atoms with E-state index in [1.165, 1.54) is 24.3 Å². The van der Waals surface area contributed by atoms with Gasteiger partial charge in [0.25, 0.3) is 0 Å². The number of hydrogen-bond donors (Lipinski definition) is 1. The maximum Gasteiger partial charge on any atom is 0.226 e. The van der Waals surface area contributed by atoms with Crippen molar-refractivity contribution >= 4 is 21.6 Å². The molecule has 84 valence electrons. The van der Waals surface area contributed by atoms with E-state index < -0.39 is 21.3 Å². The first-order valence-electron chi connectivity index (χ1n) is 4.26. The molecule has 1 aromatic rings. The van der Waals surface area contributed by atoms with Crippen LogP contribution in [0.3, 0.4) is 0 Å². The molecule has 0 amide bonds. The molecule has 0 fully saturated rings. The van der Waals surface area contributed by atoms with Crippen LogP contribution in [0.5, 0.6) is 0 Å². The van der Waals surface area contributed by atoms with Crippen LogP contribution in [0.15, 0.2) is 24.3 Å². The van der Waals surface area contributed by atoms with Gasteiger partial charge in [0.2, 0.25) is 10.0 Å². The molecule has 0 aromatic heterocycles. The SMILES string of the molecule is C[C@H](NS(=O)(=O)CCl)c1ccc(F)cc1. The van der Waals surface area contributed by atoms with E-state index in [0.29, 0.717) is 5.56 Å². The Hall–Kier alpha value is -0.650. The number of benzene rings is 1. The summed E-state index contributed by atoms with van der Waals surface area (Å²) in [6.07, 6.45) is 0. The molecule has 3 nitrogen and oxygen atoms in total. The Labute approximate surface area is 93.3 Å². The van der Waals surface area contributed by atoms with Gasteiger partial charge in [-0.05, 0) is 24.6 Å². The van der Waals surface area contributed by atoms with Gasteiger partial charge in [-0.15, -0.1) is 11.6 Å². The molecule has 0 unspecified atom stereocenters. The Bertz CT molecular complexity index is 418. The minimum atomic E-state index is -3.46. The molecule has 15 heavy (non-hydrogen) atoms. The monoisotopic (exact) mass is 251 g/mol. The van der Waals surface area contributed by atoms with E-state index in [1.54, 1.807) is 6.92 Å². The highest BCUT2D eigenvalue weighted by atomic mass is 35.5. The fourth-order valence-electron chi connectivity index (χ4n) is 1.12. The Morgan fingerprint density at radius 1 is 1.40 bits per heavy atom. The molecule has 0 aliphatic heterocycles. The zero-order chi connectivity index (χ0) is 11.5. The van der Waals surface area contributed by atoms with Crippen LogP contribution in [0, 0.1) is 5.82 Å². The largest absolute Gasteiger partial charge is 0.226 e. The van der Waals surface area contributed by atoms with Crippen molar-refractivity contribution in [1.82, 2.24) is 4.72 Å². The van der Waals surface area contributed by atoms with Crippen LogP contribution in [-0.2, 0) is 10.0 Å². The first kappa shape index (κ1) is 12.4. The Morgan fingerprint density at radius 2 is 1.93 bits per heavy atom. The van der Waals surface area contributed by atoms with Crippen LogP contribution in [0.4, 0.5) is 4.39 Å². The van der Waals surface area contributed by atoms with Crippen LogP contribution >= 0.6 is 11.6 Å². The van der Waals surface area contributed by atoms with Crippen molar-refractivity contribution in [2.45, 2.75) is 13.0 Å². The molecule has 1 rings (SSSR count). The van der Waals surface area contributed by atoms with Gasteiger partial charge in [0.05, 0.1) is 0 Å². The van der Waals surface area contributed by atoms with Crippen LogP contribution in [0.1, 0.15) is 18.5 Å². The van der Waals surface area contributed by atoms with E-state index in [2.05, 4.69) is 4.72 Å². The first-order valence-corrected chi connectivity index (χ1v) is 6.45. The molecule has 0 saturated carbocycles. The number of sulfonamides is 1. The lowest BCUT2D eigenvalue weighted by Crippen LogP contribution is -2.27. The fraction of sp³-hybridized carbons (Fsp3) is 0.333. The molecule has 1 aromatic carbocycles. The molecule has 0 spiro atoms. The van der Waals surface area contributed by atoms with Crippen LogP contribution in [0.2, 0.25) is 0 Å². The van der Waals surface area contributed by atoms with E-state index in [1.807, 2.05) is 0 Å². The lowest BCUT2D eigenvalue weighted by atomic mass is 10.1. The first-order chi connectivity index (χ1) is 6.94. The van der Waals surface area contributed by atoms with E-state index in [-0.39, 0.29) is 5.82 Å². The fourth-order valence-corrected chi connectivity index (χ4v) is 2.05. The lowest BCUT2D eigenvalue weighted by Gasteiger charge is -2.12. The van der Waals surface area contributed by atoms with Gasteiger partial charge in [-0.1, -0.05) is 12.1 Å². The number of rotatable bonds is 4. The summed E-state index contributed by atoms with van der Waals surface area (Å²) < 4.78 is 37.2. The average Bonchev–Trinajstić information content (AvgIpc) is 2.18. The highest BCUT2D eigenvalue weighted by molar-refractivity contribution is 7.90. The van der Waals surface area contributed by atoms with Gasteiger partial charge in [-0.25, -0.2) is 17.5 Å². The van der Waals surface area contributed by atoms with Crippen molar-refractivity contribution in [2.75, 3.05) is 5.21 Å². The van der Waals surface area contributed by atoms with E-state index in [0.717, 1.165) is 0 Å². The highest BCUT2D eigenvalue weighted by Gasteiger charge is 2.14. The van der Waals surface area contributed by atoms with Gasteiger partial charge in [-0.3, -0.25) is 0 Å². The smallest absolute Gasteiger partial charge is 0.211 e. The summed E-state index contributed by atoms with van der Waals surface area (Å²) in [6.45, 7) is 1.66. The summed E-state index contributed by atoms with van der Waals surface area (Å²) in [5.41, 5.74) is 0.685. The van der Waals surface area contributed by atoms with Crippen LogP contribution < -0.4 is 4.72 Å². The summed E-state index contributed by atoms with van der Waals surface area (Å²) >= 11 is 5.24. The van der Waals surface area contributed by atoms with Crippen molar-refractivity contribution in [2.24, 2.45) is 0 Å². The summed E-state index contributed by atoms with van der Waals surface area (Å²) in [6, 6.07) is 5.18. The van der Waals surface area contributed by atoms with Crippen molar-refractivity contribution in [1.29, 1.82) is 0 Å². The third kappa shape index (κ3) is 3.77. The Kier molecular flexibility index (Phi) is 4.07. The standard InChI is InChI=1S/C9H11ClFNO2S/c1-7(12-15(13,14)6-10)8-2-4-9(11)5-3-8/h2-5,7,12H,6H2,1H3/t7-/m0/s1. The van der Waals surface area contributed by atoms with Gasteiger partial charge in [0, 0.05) is 6.04 Å². The van der Waals surface area contributed by atoms with E-state index in [4.69, 9.17) is 11.6 Å². The zero-order valence-corrected chi connectivity index (χ0v) is 9.65. The van der Waals surface area contributed by atoms with E-state index in [9.17, 15) is 12.8 Å².